The lowest BCUT2D eigenvalue weighted by molar-refractivity contribution is 0.300. The first-order valence-electron chi connectivity index (χ1n) is 5.91. The lowest BCUT2D eigenvalue weighted by Crippen LogP contribution is -2.11. The highest BCUT2D eigenvalue weighted by Crippen LogP contribution is 2.25. The van der Waals surface area contributed by atoms with Crippen LogP contribution in [-0.4, -0.2) is 27.2 Å². The molecule has 1 heterocycles. The number of thiophene rings is 1. The number of aliphatic hydroxyl groups excluding tert-OH is 1. The molecule has 20 heavy (non-hydrogen) atoms. The van der Waals surface area contributed by atoms with Crippen LogP contribution in [0.5, 0.6) is 5.75 Å². The van der Waals surface area contributed by atoms with Gasteiger partial charge in [0.1, 0.15) is 9.96 Å². The largest absolute Gasteiger partial charge is 0.497 e. The topological polar surface area (TPSA) is 75.6 Å². The van der Waals surface area contributed by atoms with E-state index in [-0.39, 0.29) is 10.8 Å². The standard InChI is InChI=1S/C13H15NO4S2/c1-18-11-4-2-10(3-5-11)14-20(16,17)13-7-6-12(19-13)8-9-15/h2-7,14-15H,8-9H2,1H3. The van der Waals surface area contributed by atoms with Crippen molar-refractivity contribution in [3.05, 3.63) is 41.3 Å². The van der Waals surface area contributed by atoms with Crippen LogP contribution in [0.4, 0.5) is 5.69 Å². The molecule has 0 unspecified atom stereocenters. The van der Waals surface area contributed by atoms with Gasteiger partial charge in [0.2, 0.25) is 0 Å². The van der Waals surface area contributed by atoms with Gasteiger partial charge in [-0.25, -0.2) is 8.42 Å². The third-order valence-electron chi connectivity index (χ3n) is 2.60. The highest BCUT2D eigenvalue weighted by Gasteiger charge is 2.16. The van der Waals surface area contributed by atoms with Gasteiger partial charge in [0.25, 0.3) is 10.0 Å². The van der Waals surface area contributed by atoms with Gasteiger partial charge in [-0.15, -0.1) is 11.3 Å². The van der Waals surface area contributed by atoms with Crippen molar-refractivity contribution >= 4 is 27.0 Å². The van der Waals surface area contributed by atoms with Crippen LogP contribution >= 0.6 is 11.3 Å². The Balaban J connectivity index is 2.16. The molecule has 2 aromatic rings. The molecule has 0 fully saturated rings. The van der Waals surface area contributed by atoms with E-state index in [2.05, 4.69) is 4.72 Å². The number of hydrogen-bond acceptors (Lipinski definition) is 5. The maximum Gasteiger partial charge on any atom is 0.271 e. The van der Waals surface area contributed by atoms with E-state index in [0.717, 1.165) is 16.2 Å². The minimum atomic E-state index is -3.58. The van der Waals surface area contributed by atoms with Gasteiger partial charge < -0.3 is 9.84 Å². The van der Waals surface area contributed by atoms with Crippen molar-refractivity contribution in [2.75, 3.05) is 18.4 Å². The molecule has 1 aromatic heterocycles. The number of benzene rings is 1. The minimum Gasteiger partial charge on any atom is -0.497 e. The Bertz CT molecular complexity index is 662. The summed E-state index contributed by atoms with van der Waals surface area (Å²) in [5.41, 5.74) is 0.475. The van der Waals surface area contributed by atoms with Gasteiger partial charge in [0.15, 0.2) is 0 Å². The van der Waals surface area contributed by atoms with Crippen molar-refractivity contribution in [2.45, 2.75) is 10.6 Å². The smallest absolute Gasteiger partial charge is 0.271 e. The maximum absolute atomic E-state index is 12.2. The number of ether oxygens (including phenoxy) is 1. The van der Waals surface area contributed by atoms with Crippen LogP contribution in [-0.2, 0) is 16.4 Å². The molecule has 7 heteroatoms. The van der Waals surface area contributed by atoms with Crippen LogP contribution in [0.3, 0.4) is 0 Å². The number of nitrogens with one attached hydrogen (secondary N) is 1. The zero-order valence-corrected chi connectivity index (χ0v) is 12.5. The van der Waals surface area contributed by atoms with Crippen LogP contribution in [0, 0.1) is 0 Å². The van der Waals surface area contributed by atoms with E-state index in [1.807, 2.05) is 0 Å². The summed E-state index contributed by atoms with van der Waals surface area (Å²) in [4.78, 5) is 0.836. The fourth-order valence-corrected chi connectivity index (χ4v) is 4.01. The second-order valence-corrected chi connectivity index (χ2v) is 7.11. The Labute approximate surface area is 121 Å². The SMILES string of the molecule is COc1ccc(NS(=O)(=O)c2ccc(CCO)s2)cc1. The first kappa shape index (κ1) is 14.8. The lowest BCUT2D eigenvalue weighted by atomic mass is 10.3. The summed E-state index contributed by atoms with van der Waals surface area (Å²) < 4.78 is 32.1. The van der Waals surface area contributed by atoms with E-state index < -0.39 is 10.0 Å². The molecule has 0 spiro atoms. The van der Waals surface area contributed by atoms with Gasteiger partial charge in [-0.1, -0.05) is 0 Å². The van der Waals surface area contributed by atoms with Crippen LogP contribution in [0.2, 0.25) is 0 Å². The van der Waals surface area contributed by atoms with E-state index in [1.54, 1.807) is 43.5 Å². The zero-order valence-electron chi connectivity index (χ0n) is 10.9. The molecule has 0 saturated heterocycles. The number of methoxy groups -OCH3 is 1. The normalized spacial score (nSPS) is 11.3. The number of hydrogen-bond donors (Lipinski definition) is 2. The molecule has 0 aliphatic rings. The average molecular weight is 313 g/mol. The highest BCUT2D eigenvalue weighted by atomic mass is 32.2. The summed E-state index contributed by atoms with van der Waals surface area (Å²) in [5, 5.41) is 8.85. The van der Waals surface area contributed by atoms with Gasteiger partial charge in [0.05, 0.1) is 7.11 Å². The fraction of sp³-hybridized carbons (Fsp3) is 0.231. The Hall–Kier alpha value is -1.57. The summed E-state index contributed by atoms with van der Waals surface area (Å²) in [5.74, 6) is 0.661. The molecule has 0 bridgehead atoms. The minimum absolute atomic E-state index is 0.00586. The van der Waals surface area contributed by atoms with Crippen molar-refractivity contribution in [1.82, 2.24) is 0 Å². The van der Waals surface area contributed by atoms with E-state index in [1.165, 1.54) is 0 Å². The molecule has 5 nitrogen and oxygen atoms in total. The maximum atomic E-state index is 12.2. The van der Waals surface area contributed by atoms with Gasteiger partial charge >= 0.3 is 0 Å². The average Bonchev–Trinajstić information content (AvgIpc) is 2.89. The fourth-order valence-electron chi connectivity index (χ4n) is 1.61. The predicted molar refractivity (Wildman–Crippen MR) is 78.9 cm³/mol. The summed E-state index contributed by atoms with van der Waals surface area (Å²) in [6.07, 6.45) is 0.461. The quantitative estimate of drug-likeness (QED) is 0.856. The van der Waals surface area contributed by atoms with Crippen molar-refractivity contribution in [3.63, 3.8) is 0 Å². The third kappa shape index (κ3) is 3.50. The summed E-state index contributed by atoms with van der Waals surface area (Å²) in [7, 11) is -2.04. The molecule has 0 aliphatic carbocycles. The Kier molecular flexibility index (Phi) is 4.64. The molecule has 0 atom stereocenters. The molecule has 2 N–H and O–H groups in total. The second-order valence-electron chi connectivity index (χ2n) is 4.03. The van der Waals surface area contributed by atoms with Gasteiger partial charge in [0, 0.05) is 23.6 Å². The molecular formula is C13H15NO4S2. The van der Waals surface area contributed by atoms with E-state index in [9.17, 15) is 8.42 Å². The monoisotopic (exact) mass is 313 g/mol. The summed E-state index contributed by atoms with van der Waals surface area (Å²) in [6, 6.07) is 9.90. The van der Waals surface area contributed by atoms with Crippen molar-refractivity contribution in [3.8, 4) is 5.75 Å². The zero-order chi connectivity index (χ0) is 14.6. The number of rotatable bonds is 6. The van der Waals surface area contributed by atoms with Crippen LogP contribution in [0.1, 0.15) is 4.88 Å². The molecule has 0 radical (unpaired) electrons. The molecule has 0 aliphatic heterocycles. The summed E-state index contributed by atoms with van der Waals surface area (Å²) in [6.45, 7) is 0.00586. The Morgan fingerprint density at radius 3 is 2.50 bits per heavy atom. The van der Waals surface area contributed by atoms with Gasteiger partial charge in [-0.2, -0.15) is 0 Å². The first-order chi connectivity index (χ1) is 9.55. The lowest BCUT2D eigenvalue weighted by Gasteiger charge is -2.07. The molecule has 1 aromatic carbocycles. The molecule has 0 amide bonds. The van der Waals surface area contributed by atoms with Gasteiger partial charge in [-0.05, 0) is 36.4 Å². The van der Waals surface area contributed by atoms with Crippen LogP contribution < -0.4 is 9.46 Å². The first-order valence-corrected chi connectivity index (χ1v) is 8.21. The molecule has 0 saturated carbocycles. The Morgan fingerprint density at radius 1 is 1.20 bits per heavy atom. The van der Waals surface area contributed by atoms with E-state index >= 15 is 0 Å². The van der Waals surface area contributed by atoms with E-state index in [0.29, 0.717) is 17.9 Å². The predicted octanol–water partition coefficient (Wildman–Crippen LogP) is 2.09. The number of anilines is 1. The molecule has 2 rings (SSSR count). The van der Waals surface area contributed by atoms with Gasteiger partial charge in [-0.3, -0.25) is 4.72 Å². The molecule has 108 valence electrons. The Morgan fingerprint density at radius 2 is 1.90 bits per heavy atom. The third-order valence-corrected chi connectivity index (χ3v) is 5.62. The van der Waals surface area contributed by atoms with Crippen LogP contribution in [0.15, 0.2) is 40.6 Å². The second kappa shape index (κ2) is 6.25. The number of sulfonamides is 1. The van der Waals surface area contributed by atoms with Crippen molar-refractivity contribution in [2.24, 2.45) is 0 Å². The highest BCUT2D eigenvalue weighted by molar-refractivity contribution is 7.94. The summed E-state index contributed by atoms with van der Waals surface area (Å²) >= 11 is 1.16. The van der Waals surface area contributed by atoms with Crippen LogP contribution in [0.25, 0.3) is 0 Å². The van der Waals surface area contributed by atoms with E-state index in [4.69, 9.17) is 9.84 Å². The molecular weight excluding hydrogens is 298 g/mol. The van der Waals surface area contributed by atoms with Crippen molar-refractivity contribution in [1.29, 1.82) is 0 Å². The van der Waals surface area contributed by atoms with Crippen molar-refractivity contribution < 1.29 is 18.3 Å². The number of aliphatic hydroxyl groups is 1.